The number of hydrogen-bond acceptors (Lipinski definition) is 6. The van der Waals surface area contributed by atoms with Gasteiger partial charge in [-0.25, -0.2) is 8.42 Å². The summed E-state index contributed by atoms with van der Waals surface area (Å²) in [6.45, 7) is 0.134. The molecule has 0 aliphatic heterocycles. The Morgan fingerprint density at radius 2 is 1.57 bits per heavy atom. The van der Waals surface area contributed by atoms with Crippen molar-refractivity contribution in [1.82, 2.24) is 10.0 Å². The van der Waals surface area contributed by atoms with Crippen LogP contribution in [-0.2, 0) is 14.8 Å². The molecule has 1 atom stereocenters. The first kappa shape index (κ1) is 28.0. The van der Waals surface area contributed by atoms with Gasteiger partial charge in [-0.1, -0.05) is 35.9 Å². The highest BCUT2D eigenvalue weighted by atomic mass is 35.5. The van der Waals surface area contributed by atoms with Crippen LogP contribution >= 0.6 is 11.6 Å². The molecule has 0 saturated heterocycles. The summed E-state index contributed by atoms with van der Waals surface area (Å²) in [5.41, 5.74) is 1.94. The van der Waals surface area contributed by atoms with E-state index in [9.17, 15) is 23.1 Å². The largest absolute Gasteiger partial charge is 0.497 e. The number of methoxy groups -OCH3 is 2. The van der Waals surface area contributed by atoms with Crippen molar-refractivity contribution in [3.05, 3.63) is 77.3 Å². The van der Waals surface area contributed by atoms with Gasteiger partial charge >= 0.3 is 5.97 Å². The standard InChI is InChI=1S/C26H27ClN2O7S/c1-35-20-11-14-22(24(16-20)36-2)25(30)28-15-3-4-23(26(31)32)29-37(33,34)21-12-7-18(8-13-21)17-5-9-19(27)10-6-17/h5-14,16,23,29H,3-4,15H2,1-2H3,(H,28,30)(H,31,32)/t23-/m0/s1. The lowest BCUT2D eigenvalue weighted by atomic mass is 10.1. The van der Waals surface area contributed by atoms with Crippen molar-refractivity contribution in [1.29, 1.82) is 0 Å². The number of amides is 1. The van der Waals surface area contributed by atoms with E-state index in [1.54, 1.807) is 42.5 Å². The number of aliphatic carboxylic acids is 1. The van der Waals surface area contributed by atoms with Crippen LogP contribution in [0.25, 0.3) is 11.1 Å². The minimum absolute atomic E-state index is 0.0303. The first-order chi connectivity index (χ1) is 17.6. The molecule has 196 valence electrons. The van der Waals surface area contributed by atoms with Crippen molar-refractivity contribution in [3.8, 4) is 22.6 Å². The zero-order valence-electron chi connectivity index (χ0n) is 20.2. The van der Waals surface area contributed by atoms with E-state index < -0.39 is 27.9 Å². The highest BCUT2D eigenvalue weighted by Gasteiger charge is 2.25. The molecule has 0 aliphatic rings. The summed E-state index contributed by atoms with van der Waals surface area (Å²) in [5.74, 6) is -0.864. The quantitative estimate of drug-likeness (QED) is 0.293. The molecule has 9 nitrogen and oxygen atoms in total. The Bertz CT molecular complexity index is 1340. The third-order valence-corrected chi connectivity index (χ3v) is 7.29. The van der Waals surface area contributed by atoms with Crippen LogP contribution < -0.4 is 19.5 Å². The van der Waals surface area contributed by atoms with Crippen LogP contribution in [0.15, 0.2) is 71.6 Å². The van der Waals surface area contributed by atoms with Crippen LogP contribution in [0.2, 0.25) is 5.02 Å². The molecule has 0 radical (unpaired) electrons. The highest BCUT2D eigenvalue weighted by Crippen LogP contribution is 2.25. The van der Waals surface area contributed by atoms with Crippen molar-refractivity contribution in [2.45, 2.75) is 23.8 Å². The van der Waals surface area contributed by atoms with Crippen molar-refractivity contribution in [2.75, 3.05) is 20.8 Å². The molecule has 3 aromatic carbocycles. The summed E-state index contributed by atoms with van der Waals surface area (Å²) < 4.78 is 38.2. The van der Waals surface area contributed by atoms with E-state index in [1.165, 1.54) is 26.4 Å². The van der Waals surface area contributed by atoms with Gasteiger partial charge < -0.3 is 19.9 Å². The Balaban J connectivity index is 1.58. The molecular formula is C26H27ClN2O7S. The van der Waals surface area contributed by atoms with Gasteiger partial charge in [0.15, 0.2) is 0 Å². The number of carbonyl (C=O) groups excluding carboxylic acids is 1. The number of nitrogens with one attached hydrogen (secondary N) is 2. The molecule has 0 aliphatic carbocycles. The average Bonchev–Trinajstić information content (AvgIpc) is 2.90. The van der Waals surface area contributed by atoms with Gasteiger partial charge in [-0.15, -0.1) is 0 Å². The molecule has 0 saturated carbocycles. The third-order valence-electron chi connectivity index (χ3n) is 5.55. The maximum Gasteiger partial charge on any atom is 0.321 e. The maximum absolute atomic E-state index is 12.8. The Hall–Kier alpha value is -3.60. The van der Waals surface area contributed by atoms with Crippen molar-refractivity contribution >= 4 is 33.5 Å². The molecule has 3 aromatic rings. The van der Waals surface area contributed by atoms with Crippen molar-refractivity contribution in [3.63, 3.8) is 0 Å². The van der Waals surface area contributed by atoms with Gasteiger partial charge in [0.1, 0.15) is 17.5 Å². The minimum Gasteiger partial charge on any atom is -0.497 e. The number of ether oxygens (including phenoxy) is 2. The van der Waals surface area contributed by atoms with Crippen LogP contribution in [0.4, 0.5) is 0 Å². The molecule has 3 N–H and O–H groups in total. The van der Waals surface area contributed by atoms with Crippen LogP contribution in [0, 0.1) is 0 Å². The number of carboxylic acids is 1. The van der Waals surface area contributed by atoms with Gasteiger partial charge in [-0.3, -0.25) is 9.59 Å². The topological polar surface area (TPSA) is 131 Å². The van der Waals surface area contributed by atoms with E-state index >= 15 is 0 Å². The Morgan fingerprint density at radius 1 is 0.946 bits per heavy atom. The Morgan fingerprint density at radius 3 is 2.14 bits per heavy atom. The van der Waals surface area contributed by atoms with E-state index in [1.807, 2.05) is 12.1 Å². The second-order valence-electron chi connectivity index (χ2n) is 8.01. The molecule has 0 spiro atoms. The van der Waals surface area contributed by atoms with Crippen LogP contribution in [0.3, 0.4) is 0 Å². The lowest BCUT2D eigenvalue weighted by Crippen LogP contribution is -2.41. The lowest BCUT2D eigenvalue weighted by Gasteiger charge is -2.16. The normalized spacial score (nSPS) is 12.0. The predicted octanol–water partition coefficient (Wildman–Crippen LogP) is 3.97. The van der Waals surface area contributed by atoms with Crippen molar-refractivity contribution < 1.29 is 32.6 Å². The summed E-state index contributed by atoms with van der Waals surface area (Å²) in [7, 11) is -1.16. The van der Waals surface area contributed by atoms with Gasteiger partial charge in [0.2, 0.25) is 10.0 Å². The second kappa shape index (κ2) is 12.6. The van der Waals surface area contributed by atoms with E-state index in [-0.39, 0.29) is 24.3 Å². The zero-order chi connectivity index (χ0) is 27.0. The summed E-state index contributed by atoms with van der Waals surface area (Å²) in [4.78, 5) is 24.2. The third kappa shape index (κ3) is 7.45. The number of carboxylic acid groups (broad SMARTS) is 1. The molecule has 0 heterocycles. The molecule has 3 rings (SSSR count). The van der Waals surface area contributed by atoms with Crippen LogP contribution in [0.5, 0.6) is 11.5 Å². The fraction of sp³-hybridized carbons (Fsp3) is 0.231. The summed E-state index contributed by atoms with van der Waals surface area (Å²) in [6, 6.07) is 16.6. The molecule has 0 bridgehead atoms. The smallest absolute Gasteiger partial charge is 0.321 e. The zero-order valence-corrected chi connectivity index (χ0v) is 21.8. The number of benzene rings is 3. The molecule has 0 aromatic heterocycles. The SMILES string of the molecule is COc1ccc(C(=O)NCCC[C@H](NS(=O)(=O)c2ccc(-c3ccc(Cl)cc3)cc2)C(=O)O)c(OC)c1. The number of carbonyl (C=O) groups is 2. The monoisotopic (exact) mass is 546 g/mol. The Kier molecular flexibility index (Phi) is 9.51. The fourth-order valence-electron chi connectivity index (χ4n) is 3.55. The summed E-state index contributed by atoms with van der Waals surface area (Å²) in [5, 5.41) is 12.8. The van der Waals surface area contributed by atoms with E-state index in [4.69, 9.17) is 21.1 Å². The molecular weight excluding hydrogens is 520 g/mol. The average molecular weight is 547 g/mol. The number of sulfonamides is 1. The molecule has 37 heavy (non-hydrogen) atoms. The number of halogens is 1. The first-order valence-corrected chi connectivity index (χ1v) is 13.1. The van der Waals surface area contributed by atoms with Gasteiger partial charge in [0.25, 0.3) is 5.91 Å². The van der Waals surface area contributed by atoms with Crippen LogP contribution in [0.1, 0.15) is 23.2 Å². The van der Waals surface area contributed by atoms with E-state index in [0.717, 1.165) is 11.1 Å². The fourth-order valence-corrected chi connectivity index (χ4v) is 4.90. The molecule has 1 amide bonds. The van der Waals surface area contributed by atoms with E-state index in [2.05, 4.69) is 10.0 Å². The maximum atomic E-state index is 12.8. The second-order valence-corrected chi connectivity index (χ2v) is 10.2. The summed E-state index contributed by atoms with van der Waals surface area (Å²) >= 11 is 5.90. The van der Waals surface area contributed by atoms with Gasteiger partial charge in [-0.05, 0) is 60.4 Å². The molecule has 11 heteroatoms. The number of hydrogen-bond donors (Lipinski definition) is 3. The first-order valence-electron chi connectivity index (χ1n) is 11.3. The lowest BCUT2D eigenvalue weighted by molar-refractivity contribution is -0.139. The molecule has 0 fully saturated rings. The number of rotatable bonds is 12. The Labute approximate surface area is 220 Å². The van der Waals surface area contributed by atoms with Gasteiger partial charge in [0, 0.05) is 17.6 Å². The van der Waals surface area contributed by atoms with Crippen LogP contribution in [-0.4, -0.2) is 52.2 Å². The van der Waals surface area contributed by atoms with Crippen molar-refractivity contribution in [2.24, 2.45) is 0 Å². The van der Waals surface area contributed by atoms with E-state index in [0.29, 0.717) is 22.1 Å². The summed E-state index contributed by atoms with van der Waals surface area (Å²) in [6.07, 6.45) is 0.191. The van der Waals surface area contributed by atoms with Gasteiger partial charge in [-0.2, -0.15) is 4.72 Å². The minimum atomic E-state index is -4.09. The molecule has 0 unspecified atom stereocenters. The predicted molar refractivity (Wildman–Crippen MR) is 140 cm³/mol. The van der Waals surface area contributed by atoms with Gasteiger partial charge in [0.05, 0.1) is 24.7 Å². The highest BCUT2D eigenvalue weighted by molar-refractivity contribution is 7.89.